The molecule has 9 nitrogen and oxygen atoms in total. The minimum absolute atomic E-state index is 0.128. The molecular formula is C18H15F2N5O4S. The number of sulfone groups is 1. The molecule has 1 aliphatic rings. The Balaban J connectivity index is 1.68. The number of fused-ring (bicyclic) bond motifs is 1. The predicted molar refractivity (Wildman–Crippen MR) is 103 cm³/mol. The molecule has 1 aliphatic heterocycles. The fourth-order valence-corrected chi connectivity index (χ4v) is 4.10. The summed E-state index contributed by atoms with van der Waals surface area (Å²) >= 11 is 0. The Hall–Kier alpha value is -3.41. The molecule has 0 bridgehead atoms. The maximum atomic E-state index is 12.8. The largest absolute Gasteiger partial charge is 0.357 e. The van der Waals surface area contributed by atoms with Gasteiger partial charge in [0.25, 0.3) is 5.69 Å². The highest BCUT2D eigenvalue weighted by Gasteiger charge is 2.32. The third-order valence-corrected chi connectivity index (χ3v) is 6.21. The van der Waals surface area contributed by atoms with E-state index >= 15 is 0 Å². The molecule has 156 valence electrons. The molecule has 0 saturated carbocycles. The zero-order chi connectivity index (χ0) is 21.5. The van der Waals surface area contributed by atoms with Crippen molar-refractivity contribution in [2.45, 2.75) is 23.7 Å². The van der Waals surface area contributed by atoms with Gasteiger partial charge in [0.05, 0.1) is 16.4 Å². The molecule has 0 fully saturated rings. The zero-order valence-electron chi connectivity index (χ0n) is 15.4. The maximum absolute atomic E-state index is 12.8. The molecule has 0 saturated heterocycles. The Morgan fingerprint density at radius 2 is 1.80 bits per heavy atom. The van der Waals surface area contributed by atoms with Crippen LogP contribution in [0.2, 0.25) is 0 Å². The smallest absolute Gasteiger partial charge is 0.341 e. The number of nitrogens with zero attached hydrogens (tertiary/aromatic N) is 5. The zero-order valence-corrected chi connectivity index (χ0v) is 16.2. The molecule has 30 heavy (non-hydrogen) atoms. The highest BCUT2D eigenvalue weighted by molar-refractivity contribution is 7.91. The van der Waals surface area contributed by atoms with Gasteiger partial charge in [-0.05, 0) is 12.1 Å². The summed E-state index contributed by atoms with van der Waals surface area (Å²) in [5.74, 6) is -2.40. The van der Waals surface area contributed by atoms with Crippen molar-refractivity contribution in [1.29, 1.82) is 0 Å². The lowest BCUT2D eigenvalue weighted by molar-refractivity contribution is -0.384. The standard InChI is InChI=1S/C18H15F2N5O4S/c19-18(20)30(28,29)13-6-7-14(15(10-13)25(26)27)23-8-9-24-16(11-23)21-22-17(24)12-4-2-1-3-5-12/h1-7,10,18H,8-9,11H2. The number of anilines is 1. The summed E-state index contributed by atoms with van der Waals surface area (Å²) < 4.78 is 50.9. The van der Waals surface area contributed by atoms with Gasteiger partial charge in [-0.25, -0.2) is 8.42 Å². The summed E-state index contributed by atoms with van der Waals surface area (Å²) in [6, 6.07) is 12.2. The van der Waals surface area contributed by atoms with Crippen LogP contribution in [0.25, 0.3) is 11.4 Å². The van der Waals surface area contributed by atoms with Gasteiger partial charge >= 0.3 is 5.76 Å². The normalized spacial score (nSPS) is 14.0. The molecule has 1 aromatic heterocycles. The summed E-state index contributed by atoms with van der Waals surface area (Å²) in [6.45, 7) is 1.01. The van der Waals surface area contributed by atoms with Crippen molar-refractivity contribution in [3.8, 4) is 11.4 Å². The van der Waals surface area contributed by atoms with Gasteiger partial charge in [-0.2, -0.15) is 8.78 Å². The van der Waals surface area contributed by atoms with Crippen LogP contribution >= 0.6 is 0 Å². The number of alkyl halides is 2. The Kier molecular flexibility index (Phi) is 4.94. The molecule has 0 spiro atoms. The van der Waals surface area contributed by atoms with Crippen LogP contribution < -0.4 is 4.90 Å². The Morgan fingerprint density at radius 3 is 2.47 bits per heavy atom. The predicted octanol–water partition coefficient (Wildman–Crippen LogP) is 2.87. The van der Waals surface area contributed by atoms with E-state index in [1.165, 1.54) is 6.07 Å². The van der Waals surface area contributed by atoms with Crippen LogP contribution in [0.1, 0.15) is 5.82 Å². The lowest BCUT2D eigenvalue weighted by Crippen LogP contribution is -2.34. The first-order valence-electron chi connectivity index (χ1n) is 8.82. The maximum Gasteiger partial charge on any atom is 0.341 e. The number of aromatic nitrogens is 3. The third-order valence-electron chi connectivity index (χ3n) is 4.83. The Morgan fingerprint density at radius 1 is 1.07 bits per heavy atom. The molecule has 0 amide bonds. The number of benzene rings is 2. The SMILES string of the molecule is O=[N+]([O-])c1cc(S(=O)(=O)C(F)F)ccc1N1CCn2c(nnc2-c2ccccc2)C1. The number of rotatable bonds is 5. The second-order valence-electron chi connectivity index (χ2n) is 6.59. The van der Waals surface area contributed by atoms with E-state index in [9.17, 15) is 27.3 Å². The summed E-state index contributed by atoms with van der Waals surface area (Å²) in [6.07, 6.45) is 0. The molecule has 0 radical (unpaired) electrons. The second-order valence-corrected chi connectivity index (χ2v) is 8.51. The van der Waals surface area contributed by atoms with Crippen LogP contribution in [0.15, 0.2) is 53.4 Å². The molecule has 4 rings (SSSR count). The summed E-state index contributed by atoms with van der Waals surface area (Å²) in [5, 5.41) is 19.9. The highest BCUT2D eigenvalue weighted by atomic mass is 32.2. The van der Waals surface area contributed by atoms with E-state index in [4.69, 9.17) is 0 Å². The fourth-order valence-electron chi connectivity index (χ4n) is 3.36. The van der Waals surface area contributed by atoms with Crippen molar-refractivity contribution in [3.63, 3.8) is 0 Å². The first kappa shape index (κ1) is 19.9. The van der Waals surface area contributed by atoms with Crippen LogP contribution in [0, 0.1) is 10.1 Å². The van der Waals surface area contributed by atoms with Gasteiger partial charge in [-0.1, -0.05) is 30.3 Å². The molecule has 0 unspecified atom stereocenters. The quantitative estimate of drug-likeness (QED) is 0.447. The minimum atomic E-state index is -4.94. The van der Waals surface area contributed by atoms with Crippen LogP contribution in [-0.2, 0) is 22.9 Å². The first-order valence-corrected chi connectivity index (χ1v) is 10.4. The lowest BCUT2D eigenvalue weighted by atomic mass is 10.2. The number of halogens is 2. The number of hydrogen-bond acceptors (Lipinski definition) is 7. The molecule has 3 aromatic rings. The summed E-state index contributed by atoms with van der Waals surface area (Å²) in [5.41, 5.74) is 0.453. The third kappa shape index (κ3) is 3.38. The molecular weight excluding hydrogens is 420 g/mol. The molecule has 2 aromatic carbocycles. The van der Waals surface area contributed by atoms with Gasteiger partial charge < -0.3 is 9.47 Å². The molecule has 0 N–H and O–H groups in total. The fraction of sp³-hybridized carbons (Fsp3) is 0.222. The van der Waals surface area contributed by atoms with Gasteiger partial charge in [0.15, 0.2) is 11.6 Å². The average Bonchev–Trinajstić information content (AvgIpc) is 3.17. The molecule has 2 heterocycles. The first-order chi connectivity index (χ1) is 14.3. The second kappa shape index (κ2) is 7.44. The van der Waals surface area contributed by atoms with Gasteiger partial charge in [0, 0.05) is 24.7 Å². The van der Waals surface area contributed by atoms with Crippen LogP contribution in [0.3, 0.4) is 0 Å². The van der Waals surface area contributed by atoms with Gasteiger partial charge in [-0.3, -0.25) is 10.1 Å². The molecule has 0 atom stereocenters. The number of nitro benzene ring substituents is 1. The highest BCUT2D eigenvalue weighted by Crippen LogP contribution is 2.34. The van der Waals surface area contributed by atoms with Crippen LogP contribution in [-0.4, -0.2) is 40.4 Å². The van der Waals surface area contributed by atoms with Crippen molar-refractivity contribution in [2.24, 2.45) is 0 Å². The number of nitro groups is 1. The van der Waals surface area contributed by atoms with Crippen molar-refractivity contribution >= 4 is 21.2 Å². The van der Waals surface area contributed by atoms with Crippen molar-refractivity contribution < 1.29 is 22.1 Å². The molecule has 12 heteroatoms. The minimum Gasteiger partial charge on any atom is -0.357 e. The van der Waals surface area contributed by atoms with Crippen molar-refractivity contribution in [2.75, 3.05) is 11.4 Å². The summed E-state index contributed by atoms with van der Waals surface area (Å²) in [7, 11) is -4.94. The van der Waals surface area contributed by atoms with E-state index < -0.39 is 31.1 Å². The van der Waals surface area contributed by atoms with E-state index in [0.717, 1.165) is 11.6 Å². The lowest BCUT2D eigenvalue weighted by Gasteiger charge is -2.29. The van der Waals surface area contributed by atoms with E-state index in [-0.39, 0.29) is 12.2 Å². The Labute approximate surface area is 169 Å². The monoisotopic (exact) mass is 435 g/mol. The van der Waals surface area contributed by atoms with E-state index in [1.807, 2.05) is 34.9 Å². The molecule has 0 aliphatic carbocycles. The number of hydrogen-bond donors (Lipinski definition) is 0. The van der Waals surface area contributed by atoms with Gasteiger partial charge in [-0.15, -0.1) is 10.2 Å². The van der Waals surface area contributed by atoms with Gasteiger partial charge in [0.2, 0.25) is 9.84 Å². The van der Waals surface area contributed by atoms with Crippen LogP contribution in [0.5, 0.6) is 0 Å². The van der Waals surface area contributed by atoms with E-state index in [0.29, 0.717) is 30.8 Å². The van der Waals surface area contributed by atoms with Crippen molar-refractivity contribution in [1.82, 2.24) is 14.8 Å². The van der Waals surface area contributed by atoms with Gasteiger partial charge in [0.1, 0.15) is 5.69 Å². The Bertz CT molecular complexity index is 1210. The van der Waals surface area contributed by atoms with Crippen LogP contribution in [0.4, 0.5) is 20.2 Å². The van der Waals surface area contributed by atoms with E-state index in [1.54, 1.807) is 4.90 Å². The van der Waals surface area contributed by atoms with Crippen molar-refractivity contribution in [3.05, 3.63) is 64.5 Å². The topological polar surface area (TPSA) is 111 Å². The average molecular weight is 435 g/mol. The summed E-state index contributed by atoms with van der Waals surface area (Å²) in [4.78, 5) is 11.6. The van der Waals surface area contributed by atoms with E-state index in [2.05, 4.69) is 10.2 Å².